The van der Waals surface area contributed by atoms with Crippen molar-refractivity contribution in [2.75, 3.05) is 23.4 Å². The Hall–Kier alpha value is -2.32. The molecule has 2 aromatic carbocycles. The molecule has 0 unspecified atom stereocenters. The molecule has 8 heteroatoms. The van der Waals surface area contributed by atoms with Crippen molar-refractivity contribution in [3.8, 4) is 11.5 Å². The van der Waals surface area contributed by atoms with Crippen LogP contribution in [0.5, 0.6) is 11.5 Å². The van der Waals surface area contributed by atoms with E-state index in [0.717, 1.165) is 11.5 Å². The molecule has 0 bridgehead atoms. The summed E-state index contributed by atoms with van der Waals surface area (Å²) in [6, 6.07) is 11.5. The fourth-order valence-corrected chi connectivity index (χ4v) is 5.27. The minimum absolute atomic E-state index is 0.187. The lowest BCUT2D eigenvalue weighted by Crippen LogP contribution is -2.20. The number of benzene rings is 2. The minimum atomic E-state index is -1.23. The van der Waals surface area contributed by atoms with E-state index in [4.69, 9.17) is 9.84 Å². The number of nitrogens with one attached hydrogen (secondary N) is 1. The number of carbonyl (C=O) groups excluding carboxylic acids is 1. The molecule has 2 aromatic rings. The van der Waals surface area contributed by atoms with Gasteiger partial charge in [0.2, 0.25) is 0 Å². The molecule has 3 rings (SSSR count). The van der Waals surface area contributed by atoms with Crippen molar-refractivity contribution in [3.63, 3.8) is 0 Å². The fraction of sp³-hybridized carbons (Fsp3) is 0.222. The molecular formula is C18H17NO5S2. The Balaban J connectivity index is 1.52. The van der Waals surface area contributed by atoms with Crippen LogP contribution in [0.1, 0.15) is 20.5 Å². The average Bonchev–Trinajstić information content (AvgIpc) is 3.15. The molecule has 0 radical (unpaired) electrons. The molecule has 0 spiro atoms. The van der Waals surface area contributed by atoms with Gasteiger partial charge in [-0.25, -0.2) is 4.79 Å². The molecular weight excluding hydrogens is 374 g/mol. The Morgan fingerprint density at radius 3 is 2.42 bits per heavy atom. The summed E-state index contributed by atoms with van der Waals surface area (Å²) in [4.78, 5) is 22.8. The second-order valence-electron chi connectivity index (χ2n) is 5.52. The number of carboxylic acid groups (broad SMARTS) is 1. The van der Waals surface area contributed by atoms with Crippen molar-refractivity contribution in [1.82, 2.24) is 0 Å². The van der Waals surface area contributed by atoms with Gasteiger partial charge in [0.25, 0.3) is 5.91 Å². The monoisotopic (exact) mass is 391 g/mol. The fourth-order valence-electron chi connectivity index (χ4n) is 2.41. The largest absolute Gasteiger partial charge is 0.507 e. The molecule has 136 valence electrons. The molecule has 0 aliphatic carbocycles. The van der Waals surface area contributed by atoms with Gasteiger partial charge in [-0.1, -0.05) is 12.1 Å². The maximum absolute atomic E-state index is 12.0. The summed E-state index contributed by atoms with van der Waals surface area (Å²) in [5.74, 6) is 0.878. The molecule has 6 nitrogen and oxygen atoms in total. The van der Waals surface area contributed by atoms with E-state index in [1.165, 1.54) is 23.8 Å². The standard InChI is InChI=1S/C18H17NO5S2/c20-15-9-12(3-6-14(15)17(22)23)19-16(21)10-24-13-4-1-11(2-5-13)18-25-7-8-26-18/h1-6,9,18,20H,7-8,10H2,(H,19,21)(H,22,23). The first-order valence-corrected chi connectivity index (χ1v) is 9.95. The molecule has 1 fully saturated rings. The number of rotatable bonds is 6. The summed E-state index contributed by atoms with van der Waals surface area (Å²) in [5.41, 5.74) is 1.31. The highest BCUT2D eigenvalue weighted by Gasteiger charge is 2.18. The van der Waals surface area contributed by atoms with E-state index < -0.39 is 17.6 Å². The van der Waals surface area contributed by atoms with Gasteiger partial charge in [0.05, 0.1) is 4.58 Å². The summed E-state index contributed by atoms with van der Waals surface area (Å²) in [7, 11) is 0. The number of aromatic carboxylic acids is 1. The number of ether oxygens (including phenoxy) is 1. The first kappa shape index (κ1) is 18.5. The summed E-state index contributed by atoms with van der Waals surface area (Å²) in [6.45, 7) is -0.187. The molecule has 0 saturated carbocycles. The molecule has 1 aliphatic heterocycles. The third-order valence-corrected chi connectivity index (χ3v) is 6.76. The summed E-state index contributed by atoms with van der Waals surface area (Å²) in [6.07, 6.45) is 0. The number of phenols is 1. The third-order valence-electron chi connectivity index (χ3n) is 3.66. The first-order chi connectivity index (χ1) is 12.5. The van der Waals surface area contributed by atoms with E-state index in [0.29, 0.717) is 16.0 Å². The predicted octanol–water partition coefficient (Wildman–Crippen LogP) is 3.59. The van der Waals surface area contributed by atoms with Gasteiger partial charge < -0.3 is 20.3 Å². The number of carboxylic acids is 1. The van der Waals surface area contributed by atoms with Crippen LogP contribution in [-0.4, -0.2) is 40.2 Å². The highest BCUT2D eigenvalue weighted by molar-refractivity contribution is 8.19. The molecule has 0 aromatic heterocycles. The molecule has 3 N–H and O–H groups in total. The van der Waals surface area contributed by atoms with Gasteiger partial charge in [-0.15, -0.1) is 23.5 Å². The molecule has 26 heavy (non-hydrogen) atoms. The smallest absolute Gasteiger partial charge is 0.339 e. The van der Waals surface area contributed by atoms with Crippen LogP contribution in [0.25, 0.3) is 0 Å². The SMILES string of the molecule is O=C(COc1ccc(C2SCCS2)cc1)Nc1ccc(C(=O)O)c(O)c1. The Kier molecular flexibility index (Phi) is 5.95. The van der Waals surface area contributed by atoms with Gasteiger partial charge in [0.1, 0.15) is 17.1 Å². The van der Waals surface area contributed by atoms with E-state index in [1.807, 2.05) is 47.8 Å². The first-order valence-electron chi connectivity index (χ1n) is 7.85. The quantitative estimate of drug-likeness (QED) is 0.692. The molecule has 1 saturated heterocycles. The van der Waals surface area contributed by atoms with Crippen molar-refractivity contribution < 1.29 is 24.5 Å². The summed E-state index contributed by atoms with van der Waals surface area (Å²) < 4.78 is 5.93. The topological polar surface area (TPSA) is 95.9 Å². The minimum Gasteiger partial charge on any atom is -0.507 e. The van der Waals surface area contributed by atoms with Crippen LogP contribution in [0, 0.1) is 0 Å². The lowest BCUT2D eigenvalue weighted by atomic mass is 10.2. The van der Waals surface area contributed by atoms with Crippen LogP contribution in [0.3, 0.4) is 0 Å². The third kappa shape index (κ3) is 4.64. The van der Waals surface area contributed by atoms with Crippen molar-refractivity contribution in [2.24, 2.45) is 0 Å². The lowest BCUT2D eigenvalue weighted by molar-refractivity contribution is -0.118. The Morgan fingerprint density at radius 2 is 1.81 bits per heavy atom. The van der Waals surface area contributed by atoms with Crippen molar-refractivity contribution in [1.29, 1.82) is 0 Å². The van der Waals surface area contributed by atoms with E-state index in [2.05, 4.69) is 5.32 Å². The number of aromatic hydroxyl groups is 1. The zero-order valence-electron chi connectivity index (χ0n) is 13.7. The molecule has 1 aliphatic rings. The van der Waals surface area contributed by atoms with Gasteiger partial charge in [-0.3, -0.25) is 4.79 Å². The average molecular weight is 391 g/mol. The van der Waals surface area contributed by atoms with Crippen LogP contribution in [0.2, 0.25) is 0 Å². The number of amides is 1. The van der Waals surface area contributed by atoms with Crippen LogP contribution in [-0.2, 0) is 4.79 Å². The predicted molar refractivity (Wildman–Crippen MR) is 103 cm³/mol. The summed E-state index contributed by atoms with van der Waals surface area (Å²) in [5, 5.41) is 21.1. The maximum Gasteiger partial charge on any atom is 0.339 e. The van der Waals surface area contributed by atoms with Crippen LogP contribution in [0.4, 0.5) is 5.69 Å². The van der Waals surface area contributed by atoms with Crippen LogP contribution >= 0.6 is 23.5 Å². The second-order valence-corrected chi connectivity index (χ2v) is 8.24. The zero-order valence-corrected chi connectivity index (χ0v) is 15.3. The molecule has 1 amide bonds. The Morgan fingerprint density at radius 1 is 1.12 bits per heavy atom. The zero-order chi connectivity index (χ0) is 18.5. The van der Waals surface area contributed by atoms with Gasteiger partial charge in [-0.2, -0.15) is 0 Å². The van der Waals surface area contributed by atoms with Crippen molar-refractivity contribution in [3.05, 3.63) is 53.6 Å². The number of hydrogen-bond donors (Lipinski definition) is 3. The van der Waals surface area contributed by atoms with E-state index in [1.54, 1.807) is 0 Å². The number of carbonyl (C=O) groups is 2. The molecule has 0 atom stereocenters. The van der Waals surface area contributed by atoms with Gasteiger partial charge >= 0.3 is 5.97 Å². The Labute approximate surface area is 158 Å². The second kappa shape index (κ2) is 8.37. The maximum atomic E-state index is 12.0. The van der Waals surface area contributed by atoms with Gasteiger partial charge in [0, 0.05) is 23.3 Å². The number of anilines is 1. The van der Waals surface area contributed by atoms with Gasteiger partial charge in [0.15, 0.2) is 6.61 Å². The van der Waals surface area contributed by atoms with E-state index >= 15 is 0 Å². The Bertz CT molecular complexity index is 804. The van der Waals surface area contributed by atoms with Crippen LogP contribution in [0.15, 0.2) is 42.5 Å². The van der Waals surface area contributed by atoms with Crippen molar-refractivity contribution >= 4 is 41.1 Å². The van der Waals surface area contributed by atoms with Crippen molar-refractivity contribution in [2.45, 2.75) is 4.58 Å². The highest BCUT2D eigenvalue weighted by Crippen LogP contribution is 2.45. The highest BCUT2D eigenvalue weighted by atomic mass is 32.2. The summed E-state index contributed by atoms with van der Waals surface area (Å²) >= 11 is 3.85. The molecule has 1 heterocycles. The number of thioether (sulfide) groups is 2. The van der Waals surface area contributed by atoms with E-state index in [9.17, 15) is 14.7 Å². The normalized spacial score (nSPS) is 14.2. The van der Waals surface area contributed by atoms with Gasteiger partial charge in [-0.05, 0) is 29.8 Å². The number of hydrogen-bond acceptors (Lipinski definition) is 6. The van der Waals surface area contributed by atoms with E-state index in [-0.39, 0.29) is 12.2 Å². The lowest BCUT2D eigenvalue weighted by Gasteiger charge is -2.11. The van der Waals surface area contributed by atoms with Crippen LogP contribution < -0.4 is 10.1 Å².